The first kappa shape index (κ1) is 17.0. The number of carbonyl (C=O) groups is 2. The van der Waals surface area contributed by atoms with Gasteiger partial charge >= 0.3 is 0 Å². The second kappa shape index (κ2) is 6.55. The van der Waals surface area contributed by atoms with Gasteiger partial charge in [-0.1, -0.05) is 13.0 Å². The van der Waals surface area contributed by atoms with Crippen molar-refractivity contribution in [2.45, 2.75) is 19.4 Å². The monoisotopic (exact) mass is 342 g/mol. The maximum absolute atomic E-state index is 13.7. The summed E-state index contributed by atoms with van der Waals surface area (Å²) in [5.41, 5.74) is 1.31. The van der Waals surface area contributed by atoms with Crippen molar-refractivity contribution >= 4 is 23.2 Å². The van der Waals surface area contributed by atoms with Crippen molar-refractivity contribution in [1.82, 2.24) is 0 Å². The van der Waals surface area contributed by atoms with Crippen LogP contribution in [0.5, 0.6) is 5.75 Å². The van der Waals surface area contributed by atoms with Gasteiger partial charge in [0.15, 0.2) is 0 Å². The van der Waals surface area contributed by atoms with Crippen molar-refractivity contribution in [3.63, 3.8) is 0 Å². The molecule has 3 rings (SSSR count). The number of methoxy groups -OCH3 is 1. The molecule has 0 aromatic heterocycles. The average Bonchev–Trinajstić information content (AvgIpc) is 2.64. The Labute approximate surface area is 145 Å². The third-order valence-electron chi connectivity index (χ3n) is 4.41. The van der Waals surface area contributed by atoms with Crippen LogP contribution < -0.4 is 14.5 Å². The lowest BCUT2D eigenvalue weighted by molar-refractivity contribution is -0.119. The SMILES string of the molecule is CC[C@@H]1C(=O)N(C)c2cc(F)ccc2N1C(=O)c1cccc(OC)c1. The van der Waals surface area contributed by atoms with Gasteiger partial charge in [-0.15, -0.1) is 0 Å². The number of anilines is 2. The van der Waals surface area contributed by atoms with E-state index in [4.69, 9.17) is 4.74 Å². The fraction of sp³-hybridized carbons (Fsp3) is 0.263. The minimum absolute atomic E-state index is 0.239. The predicted molar refractivity (Wildman–Crippen MR) is 93.7 cm³/mol. The lowest BCUT2D eigenvalue weighted by Gasteiger charge is -2.40. The Morgan fingerprint density at radius 3 is 2.64 bits per heavy atom. The molecule has 0 unspecified atom stereocenters. The minimum atomic E-state index is -0.637. The average molecular weight is 342 g/mol. The Morgan fingerprint density at radius 2 is 1.96 bits per heavy atom. The van der Waals surface area contributed by atoms with Crippen LogP contribution in [0.1, 0.15) is 23.7 Å². The van der Waals surface area contributed by atoms with Gasteiger partial charge in [0.05, 0.1) is 18.5 Å². The highest BCUT2D eigenvalue weighted by Crippen LogP contribution is 2.37. The van der Waals surface area contributed by atoms with Crippen molar-refractivity contribution in [3.05, 3.63) is 53.8 Å². The zero-order chi connectivity index (χ0) is 18.1. The Hall–Kier alpha value is -2.89. The summed E-state index contributed by atoms with van der Waals surface area (Å²) in [5.74, 6) is -0.460. The highest BCUT2D eigenvalue weighted by molar-refractivity contribution is 6.17. The molecule has 2 aromatic carbocycles. The molecule has 0 bridgehead atoms. The Kier molecular flexibility index (Phi) is 4.44. The lowest BCUT2D eigenvalue weighted by Crippen LogP contribution is -2.54. The van der Waals surface area contributed by atoms with Crippen LogP contribution in [0.3, 0.4) is 0 Å². The number of hydrogen-bond donors (Lipinski definition) is 0. The Morgan fingerprint density at radius 1 is 1.20 bits per heavy atom. The standard InChI is InChI=1S/C19H19FN2O3/c1-4-15-19(24)21(2)17-11-13(20)8-9-16(17)22(15)18(23)12-6-5-7-14(10-12)25-3/h5-11,15H,4H2,1-3H3/t15-/m1/s1. The molecule has 1 aliphatic rings. The van der Waals surface area contributed by atoms with Gasteiger partial charge in [0, 0.05) is 12.6 Å². The van der Waals surface area contributed by atoms with Crippen molar-refractivity contribution < 1.29 is 18.7 Å². The van der Waals surface area contributed by atoms with Crippen molar-refractivity contribution in [2.24, 2.45) is 0 Å². The van der Waals surface area contributed by atoms with Crippen LogP contribution in [-0.2, 0) is 4.79 Å². The summed E-state index contributed by atoms with van der Waals surface area (Å²) < 4.78 is 18.8. The van der Waals surface area contributed by atoms with Crippen LogP contribution in [0.15, 0.2) is 42.5 Å². The van der Waals surface area contributed by atoms with E-state index in [1.165, 1.54) is 35.1 Å². The molecule has 0 aliphatic carbocycles. The highest BCUT2D eigenvalue weighted by Gasteiger charge is 2.39. The lowest BCUT2D eigenvalue weighted by atomic mass is 10.0. The third kappa shape index (κ3) is 2.84. The number of nitrogens with zero attached hydrogens (tertiary/aromatic N) is 2. The van der Waals surface area contributed by atoms with Crippen molar-refractivity contribution in [2.75, 3.05) is 24.0 Å². The van der Waals surface area contributed by atoms with Gasteiger partial charge < -0.3 is 9.64 Å². The van der Waals surface area contributed by atoms with Crippen LogP contribution in [0, 0.1) is 5.82 Å². The maximum Gasteiger partial charge on any atom is 0.259 e. The molecule has 0 spiro atoms. The van der Waals surface area contributed by atoms with Gasteiger partial charge in [-0.05, 0) is 42.8 Å². The van der Waals surface area contributed by atoms with Gasteiger partial charge in [0.25, 0.3) is 5.91 Å². The molecule has 2 amide bonds. The second-order valence-corrected chi connectivity index (χ2v) is 5.86. The van der Waals surface area contributed by atoms with Crippen LogP contribution in [-0.4, -0.2) is 32.0 Å². The zero-order valence-electron chi connectivity index (χ0n) is 14.3. The number of benzene rings is 2. The van der Waals surface area contributed by atoms with E-state index in [0.717, 1.165) is 0 Å². The molecule has 2 aromatic rings. The van der Waals surface area contributed by atoms with Crippen molar-refractivity contribution in [3.8, 4) is 5.75 Å². The number of likely N-dealkylation sites (N-methyl/N-ethyl adjacent to an activating group) is 1. The summed E-state index contributed by atoms with van der Waals surface area (Å²) in [6, 6.07) is 10.2. The summed E-state index contributed by atoms with van der Waals surface area (Å²) in [4.78, 5) is 28.7. The largest absolute Gasteiger partial charge is 0.497 e. The van der Waals surface area contributed by atoms with E-state index in [0.29, 0.717) is 29.1 Å². The van der Waals surface area contributed by atoms with Crippen LogP contribution >= 0.6 is 0 Å². The van der Waals surface area contributed by atoms with Crippen molar-refractivity contribution in [1.29, 1.82) is 0 Å². The molecule has 1 aliphatic heterocycles. The highest BCUT2D eigenvalue weighted by atomic mass is 19.1. The van der Waals surface area contributed by atoms with E-state index in [2.05, 4.69) is 0 Å². The fourth-order valence-electron chi connectivity index (χ4n) is 3.09. The van der Waals surface area contributed by atoms with Crippen LogP contribution in [0.4, 0.5) is 15.8 Å². The van der Waals surface area contributed by atoms with E-state index >= 15 is 0 Å². The molecule has 1 heterocycles. The molecule has 5 nitrogen and oxygen atoms in total. The Balaban J connectivity index is 2.13. The molecule has 6 heteroatoms. The first-order valence-electron chi connectivity index (χ1n) is 8.02. The molecule has 0 N–H and O–H groups in total. The molecule has 0 fully saturated rings. The molecule has 1 atom stereocenters. The van der Waals surface area contributed by atoms with E-state index in [1.54, 1.807) is 31.3 Å². The minimum Gasteiger partial charge on any atom is -0.497 e. The second-order valence-electron chi connectivity index (χ2n) is 5.86. The summed E-state index contributed by atoms with van der Waals surface area (Å²) in [6.07, 6.45) is 0.454. The van der Waals surface area contributed by atoms with E-state index in [1.807, 2.05) is 6.92 Å². The van der Waals surface area contributed by atoms with E-state index < -0.39 is 11.9 Å². The molecule has 0 radical (unpaired) electrons. The number of carbonyl (C=O) groups excluding carboxylic acids is 2. The maximum atomic E-state index is 13.7. The van der Waals surface area contributed by atoms with Crippen LogP contribution in [0.25, 0.3) is 0 Å². The Bertz CT molecular complexity index is 837. The number of halogens is 1. The molecular weight excluding hydrogens is 323 g/mol. The third-order valence-corrected chi connectivity index (χ3v) is 4.41. The van der Waals surface area contributed by atoms with Crippen LogP contribution in [0.2, 0.25) is 0 Å². The topological polar surface area (TPSA) is 49.9 Å². The molecular formula is C19H19FN2O3. The normalized spacial score (nSPS) is 16.6. The summed E-state index contributed by atoms with van der Waals surface area (Å²) in [7, 11) is 3.12. The summed E-state index contributed by atoms with van der Waals surface area (Å²) in [6.45, 7) is 1.84. The first-order valence-corrected chi connectivity index (χ1v) is 8.02. The fourth-order valence-corrected chi connectivity index (χ4v) is 3.09. The number of fused-ring (bicyclic) bond motifs is 1. The zero-order valence-corrected chi connectivity index (χ0v) is 14.3. The van der Waals surface area contributed by atoms with Gasteiger partial charge in [0.2, 0.25) is 5.91 Å². The predicted octanol–water partition coefficient (Wildman–Crippen LogP) is 3.24. The first-order chi connectivity index (χ1) is 12.0. The molecule has 130 valence electrons. The van der Waals surface area contributed by atoms with Gasteiger partial charge in [-0.3, -0.25) is 14.5 Å². The number of rotatable bonds is 3. The van der Waals surface area contributed by atoms with E-state index in [-0.39, 0.29) is 11.8 Å². The molecule has 25 heavy (non-hydrogen) atoms. The van der Waals surface area contributed by atoms with Gasteiger partial charge in [0.1, 0.15) is 17.6 Å². The summed E-state index contributed by atoms with van der Waals surface area (Å²) in [5, 5.41) is 0. The van der Waals surface area contributed by atoms with Gasteiger partial charge in [-0.25, -0.2) is 4.39 Å². The number of ether oxygens (including phenoxy) is 1. The summed E-state index contributed by atoms with van der Waals surface area (Å²) >= 11 is 0. The molecule has 0 saturated heterocycles. The van der Waals surface area contributed by atoms with E-state index in [9.17, 15) is 14.0 Å². The number of amides is 2. The molecule has 0 saturated carbocycles. The number of hydrogen-bond acceptors (Lipinski definition) is 3. The smallest absolute Gasteiger partial charge is 0.259 e. The van der Waals surface area contributed by atoms with Gasteiger partial charge in [-0.2, -0.15) is 0 Å². The quantitative estimate of drug-likeness (QED) is 0.860.